The molecule has 0 bridgehead atoms. The fraction of sp³-hybridized carbons (Fsp3) is 0.409. The Hall–Kier alpha value is -2.49. The molecule has 0 heterocycles. The van der Waals surface area contributed by atoms with E-state index >= 15 is 0 Å². The van der Waals surface area contributed by atoms with E-state index in [1.54, 1.807) is 0 Å². The van der Waals surface area contributed by atoms with Gasteiger partial charge in [-0.25, -0.2) is 4.99 Å². The molecule has 1 N–H and O–H groups in total. The second kappa shape index (κ2) is 7.02. The van der Waals surface area contributed by atoms with E-state index in [0.717, 1.165) is 28.2 Å². The highest BCUT2D eigenvalue weighted by atomic mass is 16.1. The van der Waals surface area contributed by atoms with Crippen LogP contribution in [0.2, 0.25) is 0 Å². The highest BCUT2D eigenvalue weighted by Gasteiger charge is 2.34. The maximum absolute atomic E-state index is 12.9. The van der Waals surface area contributed by atoms with Crippen LogP contribution in [0.25, 0.3) is 0 Å². The number of ketones is 1. The first-order chi connectivity index (χ1) is 11.9. The van der Waals surface area contributed by atoms with Crippen molar-refractivity contribution in [3.63, 3.8) is 0 Å². The molecule has 4 heteroatoms. The zero-order valence-corrected chi connectivity index (χ0v) is 16.7. The third-order valence-corrected chi connectivity index (χ3v) is 4.14. The first kappa shape index (κ1) is 19.8. The zero-order valence-electron chi connectivity index (χ0n) is 16.7. The van der Waals surface area contributed by atoms with Gasteiger partial charge >= 0.3 is 0 Å². The number of amides is 1. The summed E-state index contributed by atoms with van der Waals surface area (Å²) < 4.78 is 0. The predicted molar refractivity (Wildman–Crippen MR) is 108 cm³/mol. The Morgan fingerprint density at radius 1 is 0.885 bits per heavy atom. The van der Waals surface area contributed by atoms with Crippen LogP contribution in [0.4, 0.5) is 11.4 Å². The molecule has 138 valence electrons. The van der Waals surface area contributed by atoms with Gasteiger partial charge in [-0.15, -0.1) is 0 Å². The van der Waals surface area contributed by atoms with Crippen molar-refractivity contribution in [1.82, 2.24) is 0 Å². The van der Waals surface area contributed by atoms with Crippen LogP contribution in [0.3, 0.4) is 0 Å². The summed E-state index contributed by atoms with van der Waals surface area (Å²) in [5, 5.41) is 2.74. The first-order valence-corrected chi connectivity index (χ1v) is 8.83. The van der Waals surface area contributed by atoms with Crippen LogP contribution in [0.15, 0.2) is 52.6 Å². The Morgan fingerprint density at radius 2 is 1.35 bits per heavy atom. The number of carbonyl (C=O) groups excluding carboxylic acids is 2. The van der Waals surface area contributed by atoms with Gasteiger partial charge in [0.1, 0.15) is 0 Å². The normalized spacial score (nSPS) is 15.3. The number of hydrogen-bond donors (Lipinski definition) is 1. The summed E-state index contributed by atoms with van der Waals surface area (Å²) in [6, 6.07) is 7.34. The fourth-order valence-electron chi connectivity index (χ4n) is 2.76. The molecule has 1 aliphatic carbocycles. The fourth-order valence-corrected chi connectivity index (χ4v) is 2.76. The molecule has 0 spiro atoms. The number of anilines is 1. The molecule has 1 aromatic rings. The van der Waals surface area contributed by atoms with Gasteiger partial charge in [-0.3, -0.25) is 9.59 Å². The molecular weight excluding hydrogens is 324 g/mol. The molecule has 0 fully saturated rings. The zero-order chi connectivity index (χ0) is 19.7. The van der Waals surface area contributed by atoms with E-state index in [1.165, 1.54) is 6.92 Å². The number of rotatable bonds is 2. The van der Waals surface area contributed by atoms with Crippen LogP contribution in [0.5, 0.6) is 0 Å². The number of aliphatic imine (C=N–C) groups is 1. The summed E-state index contributed by atoms with van der Waals surface area (Å²) >= 11 is 0. The van der Waals surface area contributed by atoms with Crippen molar-refractivity contribution in [3.8, 4) is 0 Å². The molecule has 26 heavy (non-hydrogen) atoms. The predicted octanol–water partition coefficient (Wildman–Crippen LogP) is 5.25. The van der Waals surface area contributed by atoms with Crippen molar-refractivity contribution >= 4 is 28.8 Å². The number of allylic oxidation sites excluding steroid dienone is 4. The average Bonchev–Trinajstić information content (AvgIpc) is 2.48. The Bertz CT molecular complexity index is 775. The third-order valence-electron chi connectivity index (χ3n) is 4.14. The Labute approximate surface area is 156 Å². The average molecular weight is 352 g/mol. The summed E-state index contributed by atoms with van der Waals surface area (Å²) in [4.78, 5) is 28.8. The summed E-state index contributed by atoms with van der Waals surface area (Å²) in [6.07, 6.45) is 3.78. The third kappa shape index (κ3) is 4.78. The molecular formula is C22H28N2O2. The highest BCUT2D eigenvalue weighted by Crippen LogP contribution is 2.37. The van der Waals surface area contributed by atoms with E-state index in [-0.39, 0.29) is 22.5 Å². The van der Waals surface area contributed by atoms with Crippen molar-refractivity contribution in [1.29, 1.82) is 0 Å². The number of nitrogens with zero attached hydrogens (tertiary/aromatic N) is 1. The smallest absolute Gasteiger partial charge is 0.221 e. The molecule has 1 amide bonds. The van der Waals surface area contributed by atoms with Gasteiger partial charge in [0, 0.05) is 23.8 Å². The standard InChI is InChI=1S/C22H28N2O2/c1-14(25)23-15-8-10-16(11-9-15)24-17-12-18(21(2,3)4)20(26)19(13-17)22(5,6)7/h8-13H,1-7H3,(H,23,25). The molecule has 4 nitrogen and oxygen atoms in total. The van der Waals surface area contributed by atoms with Crippen LogP contribution >= 0.6 is 0 Å². The minimum absolute atomic E-state index is 0.102. The summed E-state index contributed by atoms with van der Waals surface area (Å²) in [6.45, 7) is 13.7. The van der Waals surface area contributed by atoms with Gasteiger partial charge in [0.15, 0.2) is 5.78 Å². The van der Waals surface area contributed by atoms with Gasteiger partial charge in [0.2, 0.25) is 5.91 Å². The SMILES string of the molecule is CC(=O)Nc1ccc(N=C2C=C(C(C)(C)C)C(=O)C(C(C)(C)C)=C2)cc1. The second-order valence-corrected chi connectivity index (χ2v) is 8.71. The lowest BCUT2D eigenvalue weighted by molar-refractivity contribution is -0.115. The molecule has 0 saturated carbocycles. The van der Waals surface area contributed by atoms with E-state index < -0.39 is 0 Å². The quantitative estimate of drug-likeness (QED) is 0.739. The highest BCUT2D eigenvalue weighted by molar-refractivity contribution is 6.23. The van der Waals surface area contributed by atoms with Gasteiger partial charge in [-0.05, 0) is 47.2 Å². The van der Waals surface area contributed by atoms with Crippen LogP contribution < -0.4 is 5.32 Å². The van der Waals surface area contributed by atoms with Gasteiger partial charge in [-0.2, -0.15) is 0 Å². The number of carbonyl (C=O) groups is 2. The van der Waals surface area contributed by atoms with Crippen molar-refractivity contribution in [2.75, 3.05) is 5.32 Å². The van der Waals surface area contributed by atoms with Crippen LogP contribution in [-0.4, -0.2) is 17.4 Å². The van der Waals surface area contributed by atoms with E-state index in [2.05, 4.69) is 5.32 Å². The lowest BCUT2D eigenvalue weighted by atomic mass is 9.72. The van der Waals surface area contributed by atoms with Crippen LogP contribution in [-0.2, 0) is 9.59 Å². The van der Waals surface area contributed by atoms with E-state index in [4.69, 9.17) is 4.99 Å². The monoisotopic (exact) mass is 352 g/mol. The van der Waals surface area contributed by atoms with Crippen molar-refractivity contribution in [2.45, 2.75) is 48.5 Å². The Kier molecular flexibility index (Phi) is 5.36. The molecule has 0 atom stereocenters. The summed E-state index contributed by atoms with van der Waals surface area (Å²) in [5.74, 6) is -0.00434. The minimum atomic E-state index is -0.252. The van der Waals surface area contributed by atoms with Crippen molar-refractivity contribution < 1.29 is 9.59 Å². The topological polar surface area (TPSA) is 58.5 Å². The summed E-state index contributed by atoms with van der Waals surface area (Å²) in [7, 11) is 0. The van der Waals surface area contributed by atoms with E-state index in [0.29, 0.717) is 0 Å². The Balaban J connectivity index is 2.46. The second-order valence-electron chi connectivity index (χ2n) is 8.71. The van der Waals surface area contributed by atoms with Crippen molar-refractivity contribution in [3.05, 3.63) is 47.6 Å². The van der Waals surface area contributed by atoms with Crippen LogP contribution in [0, 0.1) is 10.8 Å². The summed E-state index contributed by atoms with van der Waals surface area (Å²) in [5.41, 5.74) is 3.33. The largest absolute Gasteiger partial charge is 0.326 e. The van der Waals surface area contributed by atoms with E-state index in [9.17, 15) is 9.59 Å². The molecule has 0 saturated heterocycles. The maximum atomic E-state index is 12.9. The first-order valence-electron chi connectivity index (χ1n) is 8.83. The number of nitrogens with one attached hydrogen (secondary N) is 1. The van der Waals surface area contributed by atoms with Crippen molar-refractivity contribution in [2.24, 2.45) is 15.8 Å². The number of benzene rings is 1. The lowest BCUT2D eigenvalue weighted by Crippen LogP contribution is -2.29. The van der Waals surface area contributed by atoms with Gasteiger partial charge in [0.25, 0.3) is 0 Å². The molecule has 1 aliphatic rings. The van der Waals surface area contributed by atoms with E-state index in [1.807, 2.05) is 78.0 Å². The van der Waals surface area contributed by atoms with Gasteiger partial charge in [-0.1, -0.05) is 41.5 Å². The minimum Gasteiger partial charge on any atom is -0.326 e. The molecule has 2 rings (SSSR count). The molecule has 0 radical (unpaired) electrons. The lowest BCUT2D eigenvalue weighted by Gasteiger charge is -2.31. The maximum Gasteiger partial charge on any atom is 0.221 e. The molecule has 0 unspecified atom stereocenters. The molecule has 0 aromatic heterocycles. The Morgan fingerprint density at radius 3 is 1.73 bits per heavy atom. The number of Topliss-reactive ketones (excluding diaryl/α,β-unsaturated/α-hetero) is 1. The molecule has 1 aromatic carbocycles. The number of hydrogen-bond acceptors (Lipinski definition) is 3. The van der Waals surface area contributed by atoms with Gasteiger partial charge < -0.3 is 5.32 Å². The molecule has 0 aliphatic heterocycles. The van der Waals surface area contributed by atoms with Gasteiger partial charge in [0.05, 0.1) is 11.4 Å². The van der Waals surface area contributed by atoms with Crippen LogP contribution in [0.1, 0.15) is 48.5 Å².